The van der Waals surface area contributed by atoms with Crippen LogP contribution in [0.4, 0.5) is 11.7 Å². The normalized spacial score (nSPS) is 10.9. The molecule has 0 amide bonds. The van der Waals surface area contributed by atoms with Crippen LogP contribution >= 0.6 is 0 Å². The molecule has 108 valence electrons. The Kier molecular flexibility index (Phi) is 3.46. The maximum absolute atomic E-state index is 10.9. The predicted octanol–water partition coefficient (Wildman–Crippen LogP) is 1.83. The standard InChI is InChI=1S/C12H12N6O3/c19-18(20)9-3-1-4-10-11(9)15-12(21-10)13-5-2-7-17-8-6-14-16-17/h1,3-4,6,8H,2,5,7H2,(H,13,15). The van der Waals surface area contributed by atoms with Crippen LogP contribution in [-0.2, 0) is 6.54 Å². The second-order valence-corrected chi connectivity index (χ2v) is 4.35. The fourth-order valence-corrected chi connectivity index (χ4v) is 1.95. The molecule has 0 radical (unpaired) electrons. The first-order valence-corrected chi connectivity index (χ1v) is 6.36. The highest BCUT2D eigenvalue weighted by Crippen LogP contribution is 2.27. The van der Waals surface area contributed by atoms with Crippen LogP contribution in [0.3, 0.4) is 0 Å². The van der Waals surface area contributed by atoms with Gasteiger partial charge in [-0.25, -0.2) is 0 Å². The summed E-state index contributed by atoms with van der Waals surface area (Å²) in [4.78, 5) is 14.5. The third-order valence-corrected chi connectivity index (χ3v) is 2.91. The number of hydrogen-bond acceptors (Lipinski definition) is 7. The largest absolute Gasteiger partial charge is 0.423 e. The van der Waals surface area contributed by atoms with Crippen molar-refractivity contribution in [1.82, 2.24) is 20.0 Å². The molecule has 21 heavy (non-hydrogen) atoms. The zero-order chi connectivity index (χ0) is 14.7. The van der Waals surface area contributed by atoms with Gasteiger partial charge in [0.1, 0.15) is 0 Å². The van der Waals surface area contributed by atoms with Gasteiger partial charge in [0.25, 0.3) is 11.7 Å². The van der Waals surface area contributed by atoms with Crippen molar-refractivity contribution in [2.24, 2.45) is 0 Å². The van der Waals surface area contributed by atoms with E-state index in [1.54, 1.807) is 29.2 Å². The summed E-state index contributed by atoms with van der Waals surface area (Å²) in [5.74, 6) is 0. The molecular weight excluding hydrogens is 276 g/mol. The van der Waals surface area contributed by atoms with Crippen molar-refractivity contribution in [1.29, 1.82) is 0 Å². The van der Waals surface area contributed by atoms with Gasteiger partial charge in [-0.15, -0.1) is 5.10 Å². The van der Waals surface area contributed by atoms with Gasteiger partial charge in [0.15, 0.2) is 11.1 Å². The number of para-hydroxylation sites is 1. The molecule has 0 aliphatic rings. The molecule has 1 N–H and O–H groups in total. The van der Waals surface area contributed by atoms with Crippen molar-refractivity contribution in [3.8, 4) is 0 Å². The summed E-state index contributed by atoms with van der Waals surface area (Å²) in [7, 11) is 0. The number of nitro groups is 1. The lowest BCUT2D eigenvalue weighted by Crippen LogP contribution is -2.07. The highest BCUT2D eigenvalue weighted by molar-refractivity contribution is 5.83. The predicted molar refractivity (Wildman–Crippen MR) is 73.8 cm³/mol. The minimum absolute atomic E-state index is 0.0630. The van der Waals surface area contributed by atoms with Crippen molar-refractivity contribution in [3.63, 3.8) is 0 Å². The Hall–Kier alpha value is -2.97. The van der Waals surface area contributed by atoms with Crippen molar-refractivity contribution >= 4 is 22.8 Å². The van der Waals surface area contributed by atoms with E-state index in [4.69, 9.17) is 4.42 Å². The second-order valence-electron chi connectivity index (χ2n) is 4.35. The first-order valence-electron chi connectivity index (χ1n) is 6.36. The van der Waals surface area contributed by atoms with E-state index in [9.17, 15) is 10.1 Å². The number of rotatable bonds is 6. The van der Waals surface area contributed by atoms with Crippen LogP contribution in [-0.4, -0.2) is 31.4 Å². The lowest BCUT2D eigenvalue weighted by molar-refractivity contribution is -0.383. The minimum Gasteiger partial charge on any atom is -0.423 e. The molecule has 0 aliphatic carbocycles. The number of non-ortho nitro benzene ring substituents is 1. The van der Waals surface area contributed by atoms with Crippen molar-refractivity contribution in [2.75, 3.05) is 11.9 Å². The topological polar surface area (TPSA) is 112 Å². The zero-order valence-corrected chi connectivity index (χ0v) is 11.0. The summed E-state index contributed by atoms with van der Waals surface area (Å²) < 4.78 is 7.16. The van der Waals surface area contributed by atoms with Gasteiger partial charge in [0, 0.05) is 25.4 Å². The number of aryl methyl sites for hydroxylation is 1. The van der Waals surface area contributed by atoms with E-state index < -0.39 is 4.92 Å². The van der Waals surface area contributed by atoms with Gasteiger partial charge in [-0.05, 0) is 12.5 Å². The molecule has 0 saturated carbocycles. The monoisotopic (exact) mass is 288 g/mol. The van der Waals surface area contributed by atoms with E-state index in [1.165, 1.54) is 6.07 Å². The van der Waals surface area contributed by atoms with Gasteiger partial charge < -0.3 is 9.73 Å². The van der Waals surface area contributed by atoms with Crippen LogP contribution in [0.5, 0.6) is 0 Å². The van der Waals surface area contributed by atoms with Gasteiger partial charge in [0.2, 0.25) is 0 Å². The third-order valence-electron chi connectivity index (χ3n) is 2.91. The Morgan fingerprint density at radius 1 is 1.43 bits per heavy atom. The van der Waals surface area contributed by atoms with E-state index in [2.05, 4.69) is 20.6 Å². The van der Waals surface area contributed by atoms with Crippen molar-refractivity contribution in [2.45, 2.75) is 13.0 Å². The van der Waals surface area contributed by atoms with Gasteiger partial charge in [-0.3, -0.25) is 14.8 Å². The summed E-state index contributed by atoms with van der Waals surface area (Å²) >= 11 is 0. The van der Waals surface area contributed by atoms with E-state index >= 15 is 0 Å². The van der Waals surface area contributed by atoms with Gasteiger partial charge in [-0.1, -0.05) is 11.3 Å². The Morgan fingerprint density at radius 2 is 2.33 bits per heavy atom. The summed E-state index contributed by atoms with van der Waals surface area (Å²) in [5.41, 5.74) is 0.580. The maximum Gasteiger partial charge on any atom is 0.298 e. The molecule has 0 saturated heterocycles. The SMILES string of the molecule is O=[N+]([O-])c1cccc2oc(NCCCn3ccnn3)nc12. The van der Waals surface area contributed by atoms with Crippen LogP contribution in [0, 0.1) is 10.1 Å². The number of benzene rings is 1. The number of nitrogens with one attached hydrogen (secondary N) is 1. The molecule has 3 aromatic rings. The molecule has 0 bridgehead atoms. The van der Waals surface area contributed by atoms with E-state index in [0.29, 0.717) is 18.7 Å². The summed E-state index contributed by atoms with van der Waals surface area (Å²) in [5, 5.41) is 21.5. The maximum atomic E-state index is 10.9. The number of hydrogen-bond donors (Lipinski definition) is 1. The van der Waals surface area contributed by atoms with Gasteiger partial charge in [-0.2, -0.15) is 4.98 Å². The molecule has 1 aromatic carbocycles. The number of aromatic nitrogens is 4. The van der Waals surface area contributed by atoms with Crippen LogP contribution in [0.25, 0.3) is 11.1 Å². The second kappa shape index (κ2) is 5.57. The summed E-state index contributed by atoms with van der Waals surface area (Å²) in [6.45, 7) is 1.33. The molecule has 2 aromatic heterocycles. The lowest BCUT2D eigenvalue weighted by Gasteiger charge is -2.01. The van der Waals surface area contributed by atoms with Crippen LogP contribution in [0.1, 0.15) is 6.42 Å². The average molecular weight is 288 g/mol. The first-order chi connectivity index (χ1) is 10.2. The van der Waals surface area contributed by atoms with Crippen LogP contribution < -0.4 is 5.32 Å². The summed E-state index contributed by atoms with van der Waals surface area (Å²) in [6, 6.07) is 4.90. The number of anilines is 1. The molecule has 0 unspecified atom stereocenters. The number of nitro benzene ring substituents is 1. The van der Waals surface area contributed by atoms with E-state index in [1.807, 2.05) is 0 Å². The molecule has 0 atom stereocenters. The number of nitrogens with zero attached hydrogens (tertiary/aromatic N) is 5. The molecule has 0 fully saturated rings. The van der Waals surface area contributed by atoms with Gasteiger partial charge >= 0.3 is 0 Å². The number of fused-ring (bicyclic) bond motifs is 1. The Labute approximate surface area is 118 Å². The molecule has 9 heteroatoms. The average Bonchev–Trinajstić information content (AvgIpc) is 3.11. The molecule has 0 aliphatic heterocycles. The molecule has 2 heterocycles. The Balaban J connectivity index is 1.65. The minimum atomic E-state index is -0.473. The fraction of sp³-hybridized carbons (Fsp3) is 0.250. The summed E-state index contributed by atoms with van der Waals surface area (Å²) in [6.07, 6.45) is 4.19. The Morgan fingerprint density at radius 3 is 3.10 bits per heavy atom. The Bertz CT molecular complexity index is 752. The van der Waals surface area contributed by atoms with Crippen LogP contribution in [0.15, 0.2) is 35.0 Å². The van der Waals surface area contributed by atoms with Crippen LogP contribution in [0.2, 0.25) is 0 Å². The molecule has 3 rings (SSSR count). The lowest BCUT2D eigenvalue weighted by atomic mass is 10.3. The quantitative estimate of drug-likeness (QED) is 0.418. The third kappa shape index (κ3) is 2.81. The van der Waals surface area contributed by atoms with E-state index in [-0.39, 0.29) is 17.2 Å². The van der Waals surface area contributed by atoms with Crippen molar-refractivity contribution < 1.29 is 9.34 Å². The highest BCUT2D eigenvalue weighted by atomic mass is 16.6. The number of oxazole rings is 1. The van der Waals surface area contributed by atoms with E-state index in [0.717, 1.165) is 6.42 Å². The highest BCUT2D eigenvalue weighted by Gasteiger charge is 2.16. The zero-order valence-electron chi connectivity index (χ0n) is 11.0. The first kappa shape index (κ1) is 13.0. The smallest absolute Gasteiger partial charge is 0.298 e. The van der Waals surface area contributed by atoms with Crippen molar-refractivity contribution in [3.05, 3.63) is 40.7 Å². The molecular formula is C12H12N6O3. The van der Waals surface area contributed by atoms with Gasteiger partial charge in [0.05, 0.1) is 11.1 Å². The fourth-order valence-electron chi connectivity index (χ4n) is 1.95. The molecule has 9 nitrogen and oxygen atoms in total. The molecule has 0 spiro atoms.